The van der Waals surface area contributed by atoms with Crippen molar-refractivity contribution in [2.24, 2.45) is 11.1 Å². The van der Waals surface area contributed by atoms with Gasteiger partial charge in [-0.2, -0.15) is 0 Å². The number of anilines is 1. The first-order valence-corrected chi connectivity index (χ1v) is 7.94. The van der Waals surface area contributed by atoms with Crippen LogP contribution in [0.25, 0.3) is 0 Å². The van der Waals surface area contributed by atoms with Crippen molar-refractivity contribution in [3.63, 3.8) is 0 Å². The van der Waals surface area contributed by atoms with E-state index in [-0.39, 0.29) is 5.91 Å². The summed E-state index contributed by atoms with van der Waals surface area (Å²) in [6.45, 7) is 0. The molecule has 6 heteroatoms. The van der Waals surface area contributed by atoms with Gasteiger partial charge in [-0.25, -0.2) is 4.98 Å². The van der Waals surface area contributed by atoms with Crippen molar-refractivity contribution >= 4 is 39.6 Å². The standard InChI is InChI=1S/C13H17N3OS2/c14-10(18)13(6-3-7-13)11(17)16-12-15-8-4-1-2-5-9(8)19-12/h1-7H2,(H2,14,18)(H,15,16,17). The summed E-state index contributed by atoms with van der Waals surface area (Å²) in [5.41, 5.74) is 6.27. The Balaban J connectivity index is 1.76. The maximum absolute atomic E-state index is 12.4. The molecule has 0 aliphatic heterocycles. The molecule has 3 N–H and O–H groups in total. The summed E-state index contributed by atoms with van der Waals surface area (Å²) in [4.78, 5) is 18.5. The third-order valence-electron chi connectivity index (χ3n) is 4.18. The van der Waals surface area contributed by atoms with Crippen LogP contribution in [-0.4, -0.2) is 15.9 Å². The number of carbonyl (C=O) groups is 1. The molecular formula is C13H17N3OS2. The van der Waals surface area contributed by atoms with Gasteiger partial charge in [-0.15, -0.1) is 11.3 Å². The van der Waals surface area contributed by atoms with E-state index < -0.39 is 5.41 Å². The van der Waals surface area contributed by atoms with E-state index in [9.17, 15) is 4.79 Å². The Morgan fingerprint density at radius 3 is 2.63 bits per heavy atom. The Kier molecular flexibility index (Phi) is 3.30. The van der Waals surface area contributed by atoms with Crippen molar-refractivity contribution in [3.05, 3.63) is 10.6 Å². The molecule has 1 saturated carbocycles. The van der Waals surface area contributed by atoms with Gasteiger partial charge in [0.2, 0.25) is 5.91 Å². The van der Waals surface area contributed by atoms with Crippen LogP contribution in [0.5, 0.6) is 0 Å². The van der Waals surface area contributed by atoms with Gasteiger partial charge in [-0.1, -0.05) is 18.6 Å². The Labute approximate surface area is 121 Å². The maximum Gasteiger partial charge on any atom is 0.239 e. The van der Waals surface area contributed by atoms with Crippen LogP contribution in [0.1, 0.15) is 42.7 Å². The number of hydrogen-bond donors (Lipinski definition) is 2. The van der Waals surface area contributed by atoms with Gasteiger partial charge >= 0.3 is 0 Å². The lowest BCUT2D eigenvalue weighted by molar-refractivity contribution is -0.125. The Morgan fingerprint density at radius 2 is 2.05 bits per heavy atom. The number of aromatic nitrogens is 1. The maximum atomic E-state index is 12.4. The molecule has 1 amide bonds. The number of hydrogen-bond acceptors (Lipinski definition) is 4. The predicted molar refractivity (Wildman–Crippen MR) is 80.5 cm³/mol. The van der Waals surface area contributed by atoms with Crippen LogP contribution in [-0.2, 0) is 17.6 Å². The number of amides is 1. The molecule has 19 heavy (non-hydrogen) atoms. The Bertz CT molecular complexity index is 510. The molecule has 0 saturated heterocycles. The average Bonchev–Trinajstić information content (AvgIpc) is 2.68. The van der Waals surface area contributed by atoms with Gasteiger partial charge in [0, 0.05) is 4.88 Å². The lowest BCUT2D eigenvalue weighted by Crippen LogP contribution is -2.50. The fourth-order valence-electron chi connectivity index (χ4n) is 2.74. The fourth-order valence-corrected chi connectivity index (χ4v) is 4.08. The van der Waals surface area contributed by atoms with Gasteiger partial charge in [0.15, 0.2) is 5.13 Å². The largest absolute Gasteiger partial charge is 0.392 e. The number of carbonyl (C=O) groups excluding carboxylic acids is 1. The number of nitrogens with two attached hydrogens (primary N) is 1. The van der Waals surface area contributed by atoms with Crippen LogP contribution in [0.2, 0.25) is 0 Å². The third-order valence-corrected chi connectivity index (χ3v) is 5.64. The predicted octanol–water partition coefficient (Wildman–Crippen LogP) is 2.42. The van der Waals surface area contributed by atoms with Crippen LogP contribution in [0.15, 0.2) is 0 Å². The topological polar surface area (TPSA) is 68.0 Å². The first-order valence-electron chi connectivity index (χ1n) is 6.72. The molecule has 3 rings (SSSR count). The lowest BCUT2D eigenvalue weighted by Gasteiger charge is -2.38. The number of thiocarbonyl (C=S) groups is 1. The Morgan fingerprint density at radius 1 is 1.32 bits per heavy atom. The van der Waals surface area contributed by atoms with Gasteiger partial charge in [-0.3, -0.25) is 4.79 Å². The summed E-state index contributed by atoms with van der Waals surface area (Å²) >= 11 is 6.66. The number of aryl methyl sites for hydroxylation is 2. The van der Waals surface area contributed by atoms with Crippen LogP contribution < -0.4 is 11.1 Å². The number of nitrogens with zero attached hydrogens (tertiary/aromatic N) is 1. The van der Waals surface area contributed by atoms with E-state index in [0.29, 0.717) is 10.1 Å². The van der Waals surface area contributed by atoms with E-state index in [0.717, 1.165) is 37.8 Å². The summed E-state index contributed by atoms with van der Waals surface area (Å²) in [6.07, 6.45) is 7.07. The SMILES string of the molecule is NC(=S)C1(C(=O)Nc2nc3c(s2)CCCC3)CCC1. The van der Waals surface area contributed by atoms with Crippen molar-refractivity contribution in [1.29, 1.82) is 0 Å². The van der Waals surface area contributed by atoms with Crippen LogP contribution in [0, 0.1) is 5.41 Å². The molecule has 102 valence electrons. The average molecular weight is 295 g/mol. The third kappa shape index (κ3) is 2.17. The summed E-state index contributed by atoms with van der Waals surface area (Å²) < 4.78 is 0. The number of fused-ring (bicyclic) bond motifs is 1. The van der Waals surface area contributed by atoms with Crippen molar-refractivity contribution in [3.8, 4) is 0 Å². The summed E-state index contributed by atoms with van der Waals surface area (Å²) in [7, 11) is 0. The highest BCUT2D eigenvalue weighted by molar-refractivity contribution is 7.80. The summed E-state index contributed by atoms with van der Waals surface area (Å²) in [5, 5.41) is 3.63. The molecule has 0 atom stereocenters. The second-order valence-electron chi connectivity index (χ2n) is 5.35. The lowest BCUT2D eigenvalue weighted by atomic mass is 9.68. The zero-order chi connectivity index (χ0) is 13.5. The molecule has 2 aliphatic carbocycles. The highest BCUT2D eigenvalue weighted by Crippen LogP contribution is 2.42. The van der Waals surface area contributed by atoms with E-state index in [4.69, 9.17) is 18.0 Å². The fraction of sp³-hybridized carbons (Fsp3) is 0.615. The van der Waals surface area contributed by atoms with Crippen molar-refractivity contribution in [2.75, 3.05) is 5.32 Å². The van der Waals surface area contributed by atoms with E-state index in [1.54, 1.807) is 11.3 Å². The van der Waals surface area contributed by atoms with Gasteiger partial charge in [-0.05, 0) is 38.5 Å². The van der Waals surface area contributed by atoms with Crippen molar-refractivity contribution in [2.45, 2.75) is 44.9 Å². The molecule has 2 aliphatic rings. The zero-order valence-electron chi connectivity index (χ0n) is 10.7. The molecular weight excluding hydrogens is 278 g/mol. The van der Waals surface area contributed by atoms with Crippen molar-refractivity contribution < 1.29 is 4.79 Å². The first kappa shape index (κ1) is 13.0. The number of thiazole rings is 1. The molecule has 1 heterocycles. The van der Waals surface area contributed by atoms with Gasteiger partial charge in [0.05, 0.1) is 16.1 Å². The highest BCUT2D eigenvalue weighted by atomic mass is 32.1. The van der Waals surface area contributed by atoms with Crippen LogP contribution >= 0.6 is 23.6 Å². The minimum Gasteiger partial charge on any atom is -0.392 e. The quantitative estimate of drug-likeness (QED) is 0.840. The molecule has 1 aromatic rings. The number of nitrogens with one attached hydrogen (secondary N) is 1. The second-order valence-corrected chi connectivity index (χ2v) is 6.87. The van der Waals surface area contributed by atoms with E-state index >= 15 is 0 Å². The molecule has 0 spiro atoms. The molecule has 0 radical (unpaired) electrons. The second kappa shape index (κ2) is 4.83. The molecule has 0 unspecified atom stereocenters. The Hall–Kier alpha value is -1.01. The van der Waals surface area contributed by atoms with Crippen LogP contribution in [0.3, 0.4) is 0 Å². The summed E-state index contributed by atoms with van der Waals surface area (Å²) in [6, 6.07) is 0. The molecule has 4 nitrogen and oxygen atoms in total. The monoisotopic (exact) mass is 295 g/mol. The van der Waals surface area contributed by atoms with E-state index in [1.807, 2.05) is 0 Å². The molecule has 1 fully saturated rings. The smallest absolute Gasteiger partial charge is 0.239 e. The van der Waals surface area contributed by atoms with Gasteiger partial charge in [0.25, 0.3) is 0 Å². The van der Waals surface area contributed by atoms with Crippen LogP contribution in [0.4, 0.5) is 5.13 Å². The minimum absolute atomic E-state index is 0.0719. The van der Waals surface area contributed by atoms with Gasteiger partial charge in [0.1, 0.15) is 0 Å². The molecule has 0 aromatic carbocycles. The van der Waals surface area contributed by atoms with E-state index in [1.165, 1.54) is 17.7 Å². The molecule has 1 aromatic heterocycles. The van der Waals surface area contributed by atoms with Crippen molar-refractivity contribution in [1.82, 2.24) is 4.98 Å². The van der Waals surface area contributed by atoms with Gasteiger partial charge < -0.3 is 11.1 Å². The minimum atomic E-state index is -0.624. The first-order chi connectivity index (χ1) is 9.12. The summed E-state index contributed by atoms with van der Waals surface area (Å²) in [5.74, 6) is -0.0719. The number of rotatable bonds is 3. The highest BCUT2D eigenvalue weighted by Gasteiger charge is 2.47. The zero-order valence-corrected chi connectivity index (χ0v) is 12.3. The molecule has 0 bridgehead atoms. The normalized spacial score (nSPS) is 20.2. The van der Waals surface area contributed by atoms with E-state index in [2.05, 4.69) is 10.3 Å².